The molecule has 2 N–H and O–H groups in total. The molecular weight excluding hydrogens is 534 g/mol. The Morgan fingerprint density at radius 3 is 2.18 bits per heavy atom. The standard InChI is InChI=1S/C26H47N5O6Si2/c1-14(2)25(33)30-23-20-24(28-12-27-23)31(13-29-20)26-21(32)22-19(35-26)11-34-38(15(3)4,16(5)6)37-39(36-22,17(7)8)18(9)10/h12-22,24,26,32H,11H2,1-10H3,(H,27,28,30,33)/t19-,20+,21-,22-,24+,26-/m1/s1. The molecule has 0 bridgehead atoms. The number of ether oxygens (including phenoxy) is 1. The summed E-state index contributed by atoms with van der Waals surface area (Å²) in [4.78, 5) is 27.5. The van der Waals surface area contributed by atoms with Crippen molar-refractivity contribution in [1.29, 1.82) is 0 Å². The minimum Gasteiger partial charge on any atom is -0.414 e. The lowest BCUT2D eigenvalue weighted by molar-refractivity contribution is -0.122. The molecule has 4 heterocycles. The smallest absolute Gasteiger partial charge is 0.335 e. The van der Waals surface area contributed by atoms with Crippen LogP contribution in [0.3, 0.4) is 0 Å². The summed E-state index contributed by atoms with van der Waals surface area (Å²) in [5.74, 6) is 0.111. The highest BCUT2D eigenvalue weighted by Gasteiger charge is 2.62. The maximum Gasteiger partial charge on any atom is 0.335 e. The molecule has 0 spiro atoms. The number of hydrogen-bond acceptors (Lipinski definition) is 10. The molecule has 39 heavy (non-hydrogen) atoms. The van der Waals surface area contributed by atoms with Crippen LogP contribution >= 0.6 is 0 Å². The molecule has 0 aromatic heterocycles. The average molecular weight is 582 g/mol. The average Bonchev–Trinajstić information content (AvgIpc) is 3.39. The van der Waals surface area contributed by atoms with Gasteiger partial charge in [-0.3, -0.25) is 9.79 Å². The van der Waals surface area contributed by atoms with Crippen LogP contribution in [0.2, 0.25) is 22.2 Å². The fourth-order valence-corrected chi connectivity index (χ4v) is 17.3. The Balaban J connectivity index is 1.62. The number of carbonyl (C=O) groups excluding carboxylic acids is 1. The lowest BCUT2D eigenvalue weighted by atomic mass is 10.1. The van der Waals surface area contributed by atoms with Gasteiger partial charge in [0.15, 0.2) is 18.4 Å². The molecule has 2 saturated heterocycles. The van der Waals surface area contributed by atoms with Crippen LogP contribution in [0.4, 0.5) is 0 Å². The first-order valence-electron chi connectivity index (χ1n) is 14.3. The molecule has 1 amide bonds. The molecule has 6 atom stereocenters. The summed E-state index contributed by atoms with van der Waals surface area (Å²) in [5, 5.41) is 14.6. The Morgan fingerprint density at radius 1 is 1.00 bits per heavy atom. The fourth-order valence-electron chi connectivity index (χ4n) is 6.04. The van der Waals surface area contributed by atoms with E-state index in [9.17, 15) is 9.90 Å². The van der Waals surface area contributed by atoms with Gasteiger partial charge in [-0.1, -0.05) is 69.2 Å². The van der Waals surface area contributed by atoms with Crippen molar-refractivity contribution in [3.05, 3.63) is 0 Å². The van der Waals surface area contributed by atoms with E-state index in [-0.39, 0.29) is 40.6 Å². The number of aliphatic hydroxyl groups excluding tert-OH is 1. The van der Waals surface area contributed by atoms with E-state index in [1.165, 1.54) is 6.34 Å². The number of amides is 1. The second kappa shape index (κ2) is 11.4. The van der Waals surface area contributed by atoms with Crippen molar-refractivity contribution in [2.45, 2.75) is 128 Å². The van der Waals surface area contributed by atoms with Gasteiger partial charge in [0.25, 0.3) is 0 Å². The molecule has 4 aliphatic heterocycles. The first-order valence-corrected chi connectivity index (χ1v) is 18.3. The summed E-state index contributed by atoms with van der Waals surface area (Å²) in [6.45, 7) is 21.3. The van der Waals surface area contributed by atoms with Gasteiger partial charge in [0.2, 0.25) is 5.91 Å². The van der Waals surface area contributed by atoms with E-state index in [2.05, 4.69) is 75.7 Å². The van der Waals surface area contributed by atoms with Crippen molar-refractivity contribution >= 4 is 41.5 Å². The van der Waals surface area contributed by atoms with Gasteiger partial charge in [-0.15, -0.1) is 0 Å². The van der Waals surface area contributed by atoms with Gasteiger partial charge < -0.3 is 33.0 Å². The molecule has 2 fully saturated rings. The van der Waals surface area contributed by atoms with E-state index < -0.39 is 53.9 Å². The molecule has 0 aliphatic carbocycles. The fraction of sp³-hybridized carbons (Fsp3) is 0.846. The maximum absolute atomic E-state index is 12.3. The van der Waals surface area contributed by atoms with E-state index in [4.69, 9.17) is 17.7 Å². The molecule has 0 radical (unpaired) electrons. The Bertz CT molecular complexity index is 987. The Morgan fingerprint density at radius 2 is 1.62 bits per heavy atom. The zero-order chi connectivity index (χ0) is 28.9. The van der Waals surface area contributed by atoms with E-state index in [1.54, 1.807) is 11.2 Å². The van der Waals surface area contributed by atoms with Crippen LogP contribution in [-0.4, -0.2) is 94.9 Å². The molecule has 13 heteroatoms. The van der Waals surface area contributed by atoms with Crippen molar-refractivity contribution < 1.29 is 27.6 Å². The van der Waals surface area contributed by atoms with Gasteiger partial charge in [-0.25, -0.2) is 9.98 Å². The summed E-state index contributed by atoms with van der Waals surface area (Å²) in [7, 11) is -5.63. The molecule has 0 aromatic rings. The van der Waals surface area contributed by atoms with Gasteiger partial charge in [0, 0.05) is 5.92 Å². The largest absolute Gasteiger partial charge is 0.414 e. The zero-order valence-electron chi connectivity index (χ0n) is 25.0. The summed E-state index contributed by atoms with van der Waals surface area (Å²) in [5.41, 5.74) is 0.705. The lowest BCUT2D eigenvalue weighted by Crippen LogP contribution is -2.66. The van der Waals surface area contributed by atoms with Crippen LogP contribution in [-0.2, 0) is 22.5 Å². The van der Waals surface area contributed by atoms with Crippen LogP contribution in [0.25, 0.3) is 0 Å². The highest BCUT2D eigenvalue weighted by Crippen LogP contribution is 2.48. The first-order chi connectivity index (χ1) is 18.2. The van der Waals surface area contributed by atoms with Crippen LogP contribution in [0.15, 0.2) is 15.0 Å². The minimum absolute atomic E-state index is 0.135. The maximum atomic E-state index is 12.3. The number of fused-ring (bicyclic) bond motifs is 2. The Hall–Kier alpha value is -1.49. The van der Waals surface area contributed by atoms with E-state index in [0.29, 0.717) is 5.84 Å². The van der Waals surface area contributed by atoms with E-state index in [0.717, 1.165) is 0 Å². The number of amidine groups is 1. The third kappa shape index (κ3) is 5.31. The molecule has 220 valence electrons. The normalized spacial score (nSPS) is 33.5. The monoisotopic (exact) mass is 581 g/mol. The number of aliphatic hydroxyl groups is 1. The van der Waals surface area contributed by atoms with Crippen molar-refractivity contribution in [3.8, 4) is 0 Å². The van der Waals surface area contributed by atoms with Crippen molar-refractivity contribution in [3.63, 3.8) is 0 Å². The van der Waals surface area contributed by atoms with Crippen LogP contribution in [0.5, 0.6) is 0 Å². The predicted molar refractivity (Wildman–Crippen MR) is 155 cm³/mol. The minimum atomic E-state index is -2.90. The summed E-state index contributed by atoms with van der Waals surface area (Å²) >= 11 is 0. The first kappa shape index (κ1) is 30.5. The highest BCUT2D eigenvalue weighted by molar-refractivity contribution is 6.84. The summed E-state index contributed by atoms with van der Waals surface area (Å²) in [6.07, 6.45) is -0.260. The molecular formula is C26H47N5O6Si2. The predicted octanol–water partition coefficient (Wildman–Crippen LogP) is 3.28. The summed E-state index contributed by atoms with van der Waals surface area (Å²) in [6, 6.07) is -0.496. The number of rotatable bonds is 6. The third-order valence-electron chi connectivity index (χ3n) is 8.36. The van der Waals surface area contributed by atoms with Gasteiger partial charge in [-0.05, 0) is 22.2 Å². The van der Waals surface area contributed by atoms with Gasteiger partial charge >= 0.3 is 17.1 Å². The van der Waals surface area contributed by atoms with Crippen LogP contribution < -0.4 is 5.32 Å². The number of nitrogens with zero attached hydrogens (tertiary/aromatic N) is 4. The molecule has 0 unspecified atom stereocenters. The topological polar surface area (TPSA) is 127 Å². The number of hydrogen-bond donors (Lipinski definition) is 2. The SMILES string of the molecule is CC(C)C(=O)NC1=NC=N[C@@H]2[C@H]1N=CN2[C@@H]1O[C@@H]2CO[Si](C(C)C)(C(C)C)O[Si](C(C)C)(C(C)C)O[C@H]2[C@H]1O. The number of nitrogens with one attached hydrogen (secondary N) is 1. The zero-order valence-corrected chi connectivity index (χ0v) is 27.0. The van der Waals surface area contributed by atoms with Crippen molar-refractivity contribution in [2.75, 3.05) is 6.61 Å². The van der Waals surface area contributed by atoms with Gasteiger partial charge in [0.1, 0.15) is 30.5 Å². The Labute approximate surface area is 235 Å². The van der Waals surface area contributed by atoms with Crippen LogP contribution in [0, 0.1) is 5.92 Å². The third-order valence-corrected chi connectivity index (χ3v) is 18.6. The van der Waals surface area contributed by atoms with Crippen LogP contribution in [0.1, 0.15) is 69.2 Å². The number of carbonyl (C=O) groups is 1. The summed E-state index contributed by atoms with van der Waals surface area (Å²) < 4.78 is 27.6. The Kier molecular flexibility index (Phi) is 8.92. The van der Waals surface area contributed by atoms with Crippen molar-refractivity contribution in [1.82, 2.24) is 10.2 Å². The quantitative estimate of drug-likeness (QED) is 0.461. The molecule has 0 saturated carbocycles. The molecule has 4 rings (SSSR count). The highest BCUT2D eigenvalue weighted by atomic mass is 28.5. The van der Waals surface area contributed by atoms with E-state index >= 15 is 0 Å². The molecule has 4 aliphatic rings. The van der Waals surface area contributed by atoms with Gasteiger partial charge in [-0.2, -0.15) is 0 Å². The number of aliphatic imine (C=N–C) groups is 3. The second-order valence-electron chi connectivity index (χ2n) is 12.6. The molecule has 0 aromatic carbocycles. The van der Waals surface area contributed by atoms with E-state index in [1.807, 2.05) is 13.8 Å². The molecule has 11 nitrogen and oxygen atoms in total. The van der Waals surface area contributed by atoms with Gasteiger partial charge in [0.05, 0.1) is 12.9 Å². The van der Waals surface area contributed by atoms with Crippen molar-refractivity contribution in [2.24, 2.45) is 20.9 Å². The second-order valence-corrected chi connectivity index (χ2v) is 21.5. The lowest BCUT2D eigenvalue weighted by Gasteiger charge is -2.51.